The number of hydrogen-bond donors (Lipinski definition) is 2. The molecule has 0 saturated carbocycles. The Hall–Kier alpha value is -2.62. The van der Waals surface area contributed by atoms with Crippen LogP contribution in [0.1, 0.15) is 51.0 Å². The van der Waals surface area contributed by atoms with Gasteiger partial charge in [-0.3, -0.25) is 9.59 Å². The van der Waals surface area contributed by atoms with Gasteiger partial charge in [-0.2, -0.15) is 0 Å². The third kappa shape index (κ3) is 7.51. The predicted molar refractivity (Wildman–Crippen MR) is 107 cm³/mol. The van der Waals surface area contributed by atoms with E-state index in [0.29, 0.717) is 24.2 Å². The van der Waals surface area contributed by atoms with Crippen molar-refractivity contribution in [2.24, 2.45) is 0 Å². The molecule has 0 bridgehead atoms. The highest BCUT2D eigenvalue weighted by Gasteiger charge is 2.06. The average Bonchev–Trinajstić information content (AvgIpc) is 2.62. The van der Waals surface area contributed by atoms with Gasteiger partial charge in [0.05, 0.1) is 6.42 Å². The number of hydrogen-bond acceptors (Lipinski definition) is 2. The minimum atomic E-state index is -0.0735. The van der Waals surface area contributed by atoms with E-state index in [1.165, 1.54) is 19.3 Å². The van der Waals surface area contributed by atoms with E-state index in [2.05, 4.69) is 17.6 Å². The highest BCUT2D eigenvalue weighted by atomic mass is 16.2. The van der Waals surface area contributed by atoms with Gasteiger partial charge in [0.25, 0.3) is 0 Å². The van der Waals surface area contributed by atoms with E-state index in [0.717, 1.165) is 18.4 Å². The normalized spacial score (nSPS) is 10.3. The van der Waals surface area contributed by atoms with Crippen LogP contribution in [0.4, 0.5) is 11.4 Å². The Labute approximate surface area is 156 Å². The molecule has 0 aliphatic heterocycles. The largest absolute Gasteiger partial charge is 0.326 e. The van der Waals surface area contributed by atoms with Crippen molar-refractivity contribution in [3.8, 4) is 0 Å². The third-order valence-corrected chi connectivity index (χ3v) is 4.14. The minimum absolute atomic E-state index is 0.0225. The summed E-state index contributed by atoms with van der Waals surface area (Å²) < 4.78 is 0. The third-order valence-electron chi connectivity index (χ3n) is 4.14. The van der Waals surface area contributed by atoms with Crippen LogP contribution < -0.4 is 10.6 Å². The summed E-state index contributed by atoms with van der Waals surface area (Å²) in [4.78, 5) is 24.2. The topological polar surface area (TPSA) is 58.2 Å². The lowest BCUT2D eigenvalue weighted by Gasteiger charge is -2.09. The number of benzene rings is 2. The van der Waals surface area contributed by atoms with Crippen molar-refractivity contribution >= 4 is 23.2 Å². The molecule has 0 saturated heterocycles. The molecule has 2 aromatic rings. The van der Waals surface area contributed by atoms with Gasteiger partial charge in [0.1, 0.15) is 0 Å². The SMILES string of the molecule is CCCCCCCC(=O)Nc1cccc(NC(=O)Cc2ccccc2)c1. The minimum Gasteiger partial charge on any atom is -0.326 e. The highest BCUT2D eigenvalue weighted by molar-refractivity contribution is 5.94. The zero-order chi connectivity index (χ0) is 18.6. The van der Waals surface area contributed by atoms with Gasteiger partial charge in [0.2, 0.25) is 11.8 Å². The highest BCUT2D eigenvalue weighted by Crippen LogP contribution is 2.16. The van der Waals surface area contributed by atoms with Crippen LogP contribution in [0, 0.1) is 0 Å². The van der Waals surface area contributed by atoms with Gasteiger partial charge in [-0.15, -0.1) is 0 Å². The first-order valence-electron chi connectivity index (χ1n) is 9.41. The van der Waals surface area contributed by atoms with Gasteiger partial charge < -0.3 is 10.6 Å². The van der Waals surface area contributed by atoms with Crippen molar-refractivity contribution in [2.75, 3.05) is 10.6 Å². The molecule has 2 aromatic carbocycles. The zero-order valence-corrected chi connectivity index (χ0v) is 15.5. The standard InChI is InChI=1S/C22H28N2O2/c1-2-3-4-5-9-15-21(25)23-19-13-10-14-20(17-19)24-22(26)16-18-11-7-6-8-12-18/h6-8,10-14,17H,2-5,9,15-16H2,1H3,(H,23,25)(H,24,26). The van der Waals surface area contributed by atoms with Gasteiger partial charge in [-0.25, -0.2) is 0 Å². The second-order valence-electron chi connectivity index (χ2n) is 6.50. The first-order chi connectivity index (χ1) is 12.7. The Balaban J connectivity index is 1.79. The van der Waals surface area contributed by atoms with Crippen LogP contribution in [0.3, 0.4) is 0 Å². The summed E-state index contributed by atoms with van der Waals surface area (Å²) in [6, 6.07) is 16.9. The molecule has 0 fully saturated rings. The van der Waals surface area contributed by atoms with Crippen molar-refractivity contribution in [1.29, 1.82) is 0 Å². The van der Waals surface area contributed by atoms with E-state index in [1.807, 2.05) is 48.5 Å². The second-order valence-corrected chi connectivity index (χ2v) is 6.50. The van der Waals surface area contributed by atoms with Crippen molar-refractivity contribution in [1.82, 2.24) is 0 Å². The summed E-state index contributed by atoms with van der Waals surface area (Å²) in [5.74, 6) is -0.0511. The van der Waals surface area contributed by atoms with Crippen LogP contribution in [-0.2, 0) is 16.0 Å². The van der Waals surface area contributed by atoms with E-state index in [9.17, 15) is 9.59 Å². The van der Waals surface area contributed by atoms with Crippen molar-refractivity contribution < 1.29 is 9.59 Å². The molecule has 0 aliphatic carbocycles. The summed E-state index contributed by atoms with van der Waals surface area (Å²) in [5, 5.41) is 5.79. The molecule has 2 amide bonds. The molecule has 0 spiro atoms. The average molecular weight is 352 g/mol. The molecule has 2 N–H and O–H groups in total. The lowest BCUT2D eigenvalue weighted by atomic mass is 10.1. The van der Waals surface area contributed by atoms with E-state index in [-0.39, 0.29) is 11.8 Å². The van der Waals surface area contributed by atoms with Crippen LogP contribution in [0.25, 0.3) is 0 Å². The maximum Gasteiger partial charge on any atom is 0.228 e. The first kappa shape index (κ1) is 19.7. The molecule has 0 radical (unpaired) electrons. The molecular weight excluding hydrogens is 324 g/mol. The van der Waals surface area contributed by atoms with Gasteiger partial charge in [0, 0.05) is 17.8 Å². The Bertz CT molecular complexity index is 698. The zero-order valence-electron chi connectivity index (χ0n) is 15.5. The molecule has 4 nitrogen and oxygen atoms in total. The molecule has 0 unspecified atom stereocenters. The number of anilines is 2. The number of unbranched alkanes of at least 4 members (excludes halogenated alkanes) is 4. The van der Waals surface area contributed by atoms with Gasteiger partial charge in [0.15, 0.2) is 0 Å². The van der Waals surface area contributed by atoms with Crippen LogP contribution in [0.2, 0.25) is 0 Å². The van der Waals surface area contributed by atoms with Crippen LogP contribution in [0.15, 0.2) is 54.6 Å². The molecule has 0 atom stereocenters. The van der Waals surface area contributed by atoms with E-state index < -0.39 is 0 Å². The van der Waals surface area contributed by atoms with E-state index >= 15 is 0 Å². The number of carbonyl (C=O) groups excluding carboxylic acids is 2. The molecule has 0 aliphatic rings. The number of nitrogens with one attached hydrogen (secondary N) is 2. The van der Waals surface area contributed by atoms with Crippen molar-refractivity contribution in [2.45, 2.75) is 51.9 Å². The molecule has 0 heterocycles. The fraction of sp³-hybridized carbons (Fsp3) is 0.364. The summed E-state index contributed by atoms with van der Waals surface area (Å²) in [6.45, 7) is 2.18. The molecule has 2 rings (SSSR count). The summed E-state index contributed by atoms with van der Waals surface area (Å²) in [7, 11) is 0. The van der Waals surface area contributed by atoms with Gasteiger partial charge >= 0.3 is 0 Å². The monoisotopic (exact) mass is 352 g/mol. The van der Waals surface area contributed by atoms with Crippen molar-refractivity contribution in [3.63, 3.8) is 0 Å². The fourth-order valence-electron chi connectivity index (χ4n) is 2.77. The van der Waals surface area contributed by atoms with Gasteiger partial charge in [-0.05, 0) is 30.2 Å². The molecule has 4 heteroatoms. The van der Waals surface area contributed by atoms with E-state index in [4.69, 9.17) is 0 Å². The van der Waals surface area contributed by atoms with Crippen LogP contribution in [0.5, 0.6) is 0 Å². The Morgan fingerprint density at radius 3 is 2.12 bits per heavy atom. The number of carbonyl (C=O) groups is 2. The number of rotatable bonds is 10. The Kier molecular flexibility index (Phi) is 8.40. The lowest BCUT2D eigenvalue weighted by molar-refractivity contribution is -0.116. The molecule has 138 valence electrons. The first-order valence-corrected chi connectivity index (χ1v) is 9.41. The second kappa shape index (κ2) is 11.1. The smallest absolute Gasteiger partial charge is 0.228 e. The van der Waals surface area contributed by atoms with Crippen LogP contribution >= 0.6 is 0 Å². The van der Waals surface area contributed by atoms with E-state index in [1.54, 1.807) is 6.07 Å². The Morgan fingerprint density at radius 1 is 0.769 bits per heavy atom. The predicted octanol–water partition coefficient (Wildman–Crippen LogP) is 5.17. The molecular formula is C22H28N2O2. The molecule has 26 heavy (non-hydrogen) atoms. The van der Waals surface area contributed by atoms with Crippen LogP contribution in [-0.4, -0.2) is 11.8 Å². The molecule has 0 aromatic heterocycles. The quantitative estimate of drug-likeness (QED) is 0.580. The number of amides is 2. The van der Waals surface area contributed by atoms with Gasteiger partial charge in [-0.1, -0.05) is 69.0 Å². The fourth-order valence-corrected chi connectivity index (χ4v) is 2.77. The summed E-state index contributed by atoms with van der Waals surface area (Å²) in [6.07, 6.45) is 6.49. The lowest BCUT2D eigenvalue weighted by Crippen LogP contribution is -2.15. The Morgan fingerprint density at radius 2 is 1.42 bits per heavy atom. The van der Waals surface area contributed by atoms with Crippen molar-refractivity contribution in [3.05, 3.63) is 60.2 Å². The maximum absolute atomic E-state index is 12.1. The summed E-state index contributed by atoms with van der Waals surface area (Å²) in [5.41, 5.74) is 2.37. The maximum atomic E-state index is 12.1. The summed E-state index contributed by atoms with van der Waals surface area (Å²) >= 11 is 0.